The predicted molar refractivity (Wildman–Crippen MR) is 101 cm³/mol. The summed E-state index contributed by atoms with van der Waals surface area (Å²) in [5, 5.41) is 19.8. The van der Waals surface area contributed by atoms with E-state index in [0.29, 0.717) is 36.1 Å². The lowest BCUT2D eigenvalue weighted by Crippen LogP contribution is -2.09. The number of ketones is 1. The van der Waals surface area contributed by atoms with E-state index in [1.807, 2.05) is 32.0 Å². The van der Waals surface area contributed by atoms with Crippen molar-refractivity contribution in [1.82, 2.24) is 0 Å². The van der Waals surface area contributed by atoms with Crippen molar-refractivity contribution in [3.05, 3.63) is 58.7 Å². The third-order valence-electron chi connectivity index (χ3n) is 4.27. The number of aromatic hydroxyl groups is 2. The number of Topliss-reactive ketones (excluding diaryl/α,β-unsaturated/α-hetero) is 1. The molecule has 0 aliphatic heterocycles. The summed E-state index contributed by atoms with van der Waals surface area (Å²) in [5.41, 5.74) is 4.01. The summed E-state index contributed by atoms with van der Waals surface area (Å²) in [6.45, 7) is 5.72. The zero-order valence-electron chi connectivity index (χ0n) is 15.0. The lowest BCUT2D eigenvalue weighted by Gasteiger charge is -2.10. The van der Waals surface area contributed by atoms with Gasteiger partial charge in [0.05, 0.1) is 6.54 Å². The number of aryl methyl sites for hydroxylation is 2. The van der Waals surface area contributed by atoms with Gasteiger partial charge < -0.3 is 10.2 Å². The molecule has 4 heteroatoms. The van der Waals surface area contributed by atoms with E-state index in [9.17, 15) is 15.0 Å². The Balaban J connectivity index is 2.03. The van der Waals surface area contributed by atoms with Gasteiger partial charge >= 0.3 is 0 Å². The topological polar surface area (TPSA) is 69.9 Å². The van der Waals surface area contributed by atoms with Crippen molar-refractivity contribution in [3.8, 4) is 11.5 Å². The first-order valence-electron chi connectivity index (χ1n) is 8.54. The van der Waals surface area contributed by atoms with Crippen molar-refractivity contribution < 1.29 is 15.0 Å². The first kappa shape index (κ1) is 18.7. The molecule has 0 amide bonds. The number of carbonyl (C=O) groups excluding carboxylic acids is 1. The van der Waals surface area contributed by atoms with Gasteiger partial charge in [0, 0.05) is 23.3 Å². The number of benzene rings is 2. The first-order valence-corrected chi connectivity index (χ1v) is 8.54. The van der Waals surface area contributed by atoms with Crippen LogP contribution in [-0.2, 0) is 11.2 Å². The Morgan fingerprint density at radius 3 is 2.56 bits per heavy atom. The molecule has 25 heavy (non-hydrogen) atoms. The molecule has 0 aliphatic rings. The monoisotopic (exact) mass is 339 g/mol. The molecule has 0 fully saturated rings. The summed E-state index contributed by atoms with van der Waals surface area (Å²) in [4.78, 5) is 16.5. The molecule has 4 nitrogen and oxygen atoms in total. The number of carbonyl (C=O) groups is 1. The highest BCUT2D eigenvalue weighted by Crippen LogP contribution is 2.30. The van der Waals surface area contributed by atoms with Crippen LogP contribution >= 0.6 is 0 Å². The zero-order valence-corrected chi connectivity index (χ0v) is 15.0. The summed E-state index contributed by atoms with van der Waals surface area (Å²) in [5.74, 6) is 0.140. The van der Waals surface area contributed by atoms with Crippen molar-refractivity contribution >= 4 is 11.5 Å². The van der Waals surface area contributed by atoms with Crippen LogP contribution in [0.4, 0.5) is 0 Å². The lowest BCUT2D eigenvalue weighted by atomic mass is 10.0. The minimum absolute atomic E-state index is 0.0211. The summed E-state index contributed by atoms with van der Waals surface area (Å²) in [6, 6.07) is 11.3. The quantitative estimate of drug-likeness (QED) is 0.746. The molecule has 2 aromatic carbocycles. The van der Waals surface area contributed by atoms with Crippen molar-refractivity contribution in [2.45, 2.75) is 40.0 Å². The zero-order chi connectivity index (χ0) is 18.4. The number of phenols is 2. The fourth-order valence-corrected chi connectivity index (χ4v) is 2.72. The molecule has 2 N–H and O–H groups in total. The lowest BCUT2D eigenvalue weighted by molar-refractivity contribution is -0.117. The number of hydrogen-bond acceptors (Lipinski definition) is 4. The van der Waals surface area contributed by atoms with Crippen LogP contribution < -0.4 is 0 Å². The van der Waals surface area contributed by atoms with E-state index < -0.39 is 0 Å². The number of nitrogens with zero attached hydrogens (tertiary/aromatic N) is 1. The largest absolute Gasteiger partial charge is 0.508 e. The molecule has 2 aromatic rings. The standard InChI is InChI=1S/C21H25NO3/c1-4-19(18-10-11-20(24)15(3)21(18)25)22-13-17(23)9-8-16-7-5-6-14(2)12-16/h5-7,10-12,24-25H,4,8-9,13H2,1-3H3. The van der Waals surface area contributed by atoms with Gasteiger partial charge in [-0.2, -0.15) is 0 Å². The van der Waals surface area contributed by atoms with E-state index in [4.69, 9.17) is 0 Å². The number of hydrogen-bond donors (Lipinski definition) is 2. The van der Waals surface area contributed by atoms with Crippen molar-refractivity contribution in [2.24, 2.45) is 4.99 Å². The molecule has 132 valence electrons. The highest BCUT2D eigenvalue weighted by Gasteiger charge is 2.13. The minimum Gasteiger partial charge on any atom is -0.508 e. The van der Waals surface area contributed by atoms with Crippen molar-refractivity contribution in [1.29, 1.82) is 0 Å². The van der Waals surface area contributed by atoms with E-state index in [-0.39, 0.29) is 23.8 Å². The fraction of sp³-hybridized carbons (Fsp3) is 0.333. The van der Waals surface area contributed by atoms with E-state index in [1.54, 1.807) is 13.0 Å². The average molecular weight is 339 g/mol. The molecule has 0 bridgehead atoms. The molecule has 0 aliphatic carbocycles. The van der Waals surface area contributed by atoms with E-state index in [0.717, 1.165) is 5.56 Å². The minimum atomic E-state index is 0.0211. The summed E-state index contributed by atoms with van der Waals surface area (Å²) in [7, 11) is 0. The molecular weight excluding hydrogens is 314 g/mol. The summed E-state index contributed by atoms with van der Waals surface area (Å²) in [6.07, 6.45) is 1.76. The van der Waals surface area contributed by atoms with E-state index in [1.165, 1.54) is 11.6 Å². The Labute approximate surface area is 148 Å². The molecular formula is C21H25NO3. The molecule has 2 rings (SSSR count). The molecule has 0 saturated heterocycles. The van der Waals surface area contributed by atoms with Crippen LogP contribution in [0.1, 0.15) is 42.0 Å². The third-order valence-corrected chi connectivity index (χ3v) is 4.27. The number of rotatable bonds is 7. The molecule has 0 radical (unpaired) electrons. The van der Waals surface area contributed by atoms with Crippen LogP contribution in [0.2, 0.25) is 0 Å². The molecule has 0 aromatic heterocycles. The fourth-order valence-electron chi connectivity index (χ4n) is 2.72. The molecule has 0 atom stereocenters. The van der Waals surface area contributed by atoms with Gasteiger partial charge in [0.15, 0.2) is 5.78 Å². The van der Waals surface area contributed by atoms with Gasteiger partial charge in [0.2, 0.25) is 0 Å². The van der Waals surface area contributed by atoms with Gasteiger partial charge in [0.25, 0.3) is 0 Å². The third kappa shape index (κ3) is 4.92. The van der Waals surface area contributed by atoms with Crippen LogP contribution in [0, 0.1) is 13.8 Å². The smallest absolute Gasteiger partial charge is 0.154 e. The Bertz CT molecular complexity index is 794. The Kier molecular flexibility index (Phi) is 6.34. The van der Waals surface area contributed by atoms with Crippen LogP contribution in [0.5, 0.6) is 11.5 Å². The molecule has 0 spiro atoms. The van der Waals surface area contributed by atoms with Crippen LogP contribution in [0.3, 0.4) is 0 Å². The van der Waals surface area contributed by atoms with Gasteiger partial charge in [-0.25, -0.2) is 0 Å². The van der Waals surface area contributed by atoms with Gasteiger partial charge in [-0.05, 0) is 44.4 Å². The maximum atomic E-state index is 12.1. The number of phenolic OH excluding ortho intramolecular Hbond substituents is 2. The maximum absolute atomic E-state index is 12.1. The first-order chi connectivity index (χ1) is 11.9. The molecule has 0 saturated carbocycles. The van der Waals surface area contributed by atoms with Gasteiger partial charge in [-0.15, -0.1) is 0 Å². The van der Waals surface area contributed by atoms with Crippen LogP contribution in [0.25, 0.3) is 0 Å². The second-order valence-corrected chi connectivity index (χ2v) is 6.25. The summed E-state index contributed by atoms with van der Waals surface area (Å²) < 4.78 is 0. The highest BCUT2D eigenvalue weighted by atomic mass is 16.3. The average Bonchev–Trinajstić information content (AvgIpc) is 2.60. The normalized spacial score (nSPS) is 11.6. The Morgan fingerprint density at radius 1 is 1.12 bits per heavy atom. The van der Waals surface area contributed by atoms with Crippen LogP contribution in [-0.4, -0.2) is 28.3 Å². The van der Waals surface area contributed by atoms with Crippen LogP contribution in [0.15, 0.2) is 41.4 Å². The second-order valence-electron chi connectivity index (χ2n) is 6.25. The SMILES string of the molecule is CCC(=NCC(=O)CCc1cccc(C)c1)c1ccc(O)c(C)c1O. The van der Waals surface area contributed by atoms with Gasteiger partial charge in [0.1, 0.15) is 11.5 Å². The predicted octanol–water partition coefficient (Wildman–Crippen LogP) is 4.12. The number of aliphatic imine (C=N–C) groups is 1. The second kappa shape index (κ2) is 8.47. The van der Waals surface area contributed by atoms with Gasteiger partial charge in [-0.1, -0.05) is 36.8 Å². The van der Waals surface area contributed by atoms with Gasteiger partial charge in [-0.3, -0.25) is 9.79 Å². The summed E-state index contributed by atoms with van der Waals surface area (Å²) >= 11 is 0. The molecule has 0 unspecified atom stereocenters. The van der Waals surface area contributed by atoms with E-state index >= 15 is 0 Å². The Morgan fingerprint density at radius 2 is 1.88 bits per heavy atom. The van der Waals surface area contributed by atoms with Crippen molar-refractivity contribution in [2.75, 3.05) is 6.54 Å². The van der Waals surface area contributed by atoms with Crippen molar-refractivity contribution in [3.63, 3.8) is 0 Å². The highest BCUT2D eigenvalue weighted by molar-refractivity contribution is 6.04. The molecule has 0 heterocycles. The maximum Gasteiger partial charge on any atom is 0.154 e. The Hall–Kier alpha value is -2.62. The van der Waals surface area contributed by atoms with E-state index in [2.05, 4.69) is 11.1 Å².